The standard InChI is InChI=1S/C14H13N5/c1-16-11-4-10(6-17-7-11)9-2-3-13-12(5-9)14(15)19-8-18-13/h2-8,16H,1H3,(H2,15,18,19). The molecule has 0 aliphatic carbocycles. The van der Waals surface area contributed by atoms with Gasteiger partial charge in [0.05, 0.1) is 11.2 Å². The number of nitrogen functional groups attached to an aromatic ring is 1. The Labute approximate surface area is 110 Å². The zero-order chi connectivity index (χ0) is 13.2. The molecule has 0 amide bonds. The lowest BCUT2D eigenvalue weighted by molar-refractivity contribution is 1.23. The number of anilines is 2. The summed E-state index contributed by atoms with van der Waals surface area (Å²) in [6.07, 6.45) is 5.07. The van der Waals surface area contributed by atoms with Crippen LogP contribution in [0.2, 0.25) is 0 Å². The Bertz CT molecular complexity index is 739. The molecule has 0 unspecified atom stereocenters. The van der Waals surface area contributed by atoms with Gasteiger partial charge in [-0.15, -0.1) is 0 Å². The third-order valence-electron chi connectivity index (χ3n) is 3.03. The Kier molecular flexibility index (Phi) is 2.72. The van der Waals surface area contributed by atoms with E-state index in [1.54, 1.807) is 6.20 Å². The third-order valence-corrected chi connectivity index (χ3v) is 3.03. The second-order valence-electron chi connectivity index (χ2n) is 4.20. The average molecular weight is 251 g/mol. The fraction of sp³-hybridized carbons (Fsp3) is 0.0714. The van der Waals surface area contributed by atoms with Crippen LogP contribution in [0.25, 0.3) is 22.0 Å². The first-order valence-corrected chi connectivity index (χ1v) is 5.91. The molecule has 0 fully saturated rings. The van der Waals surface area contributed by atoms with E-state index in [0.717, 1.165) is 27.7 Å². The van der Waals surface area contributed by atoms with Crippen molar-refractivity contribution in [3.05, 3.63) is 43.0 Å². The Morgan fingerprint density at radius 2 is 1.95 bits per heavy atom. The smallest absolute Gasteiger partial charge is 0.134 e. The second kappa shape index (κ2) is 4.53. The van der Waals surface area contributed by atoms with E-state index in [0.29, 0.717) is 5.82 Å². The Hall–Kier alpha value is -2.69. The highest BCUT2D eigenvalue weighted by Crippen LogP contribution is 2.26. The second-order valence-corrected chi connectivity index (χ2v) is 4.20. The summed E-state index contributed by atoms with van der Waals surface area (Å²) < 4.78 is 0. The molecule has 0 radical (unpaired) electrons. The highest BCUT2D eigenvalue weighted by atomic mass is 14.9. The molecule has 1 aromatic carbocycles. The SMILES string of the molecule is CNc1cncc(-c2ccc3ncnc(N)c3c2)c1. The fourth-order valence-corrected chi connectivity index (χ4v) is 1.99. The lowest BCUT2D eigenvalue weighted by atomic mass is 10.0. The topological polar surface area (TPSA) is 76.7 Å². The van der Waals surface area contributed by atoms with Gasteiger partial charge in [0.1, 0.15) is 12.1 Å². The molecule has 0 saturated carbocycles. The van der Waals surface area contributed by atoms with Gasteiger partial charge in [0.2, 0.25) is 0 Å². The monoisotopic (exact) mass is 251 g/mol. The first kappa shape index (κ1) is 11.4. The number of nitrogens with zero attached hydrogens (tertiary/aromatic N) is 3. The maximum absolute atomic E-state index is 5.88. The van der Waals surface area contributed by atoms with E-state index in [1.807, 2.05) is 37.5 Å². The van der Waals surface area contributed by atoms with Gasteiger partial charge in [-0.2, -0.15) is 0 Å². The molecule has 19 heavy (non-hydrogen) atoms. The van der Waals surface area contributed by atoms with Crippen LogP contribution in [0.1, 0.15) is 0 Å². The molecule has 0 atom stereocenters. The molecule has 2 heterocycles. The van der Waals surface area contributed by atoms with Crippen molar-refractivity contribution in [1.82, 2.24) is 15.0 Å². The van der Waals surface area contributed by atoms with Crippen molar-refractivity contribution in [2.75, 3.05) is 18.1 Å². The van der Waals surface area contributed by atoms with Crippen LogP contribution in [0, 0.1) is 0 Å². The van der Waals surface area contributed by atoms with E-state index < -0.39 is 0 Å². The first-order valence-electron chi connectivity index (χ1n) is 5.91. The van der Waals surface area contributed by atoms with Crippen molar-refractivity contribution in [2.45, 2.75) is 0 Å². The molecule has 2 aromatic heterocycles. The Balaban J connectivity index is 2.17. The summed E-state index contributed by atoms with van der Waals surface area (Å²) in [7, 11) is 1.87. The van der Waals surface area contributed by atoms with Crippen molar-refractivity contribution < 1.29 is 0 Å². The average Bonchev–Trinajstić information content (AvgIpc) is 2.47. The van der Waals surface area contributed by atoms with E-state index in [9.17, 15) is 0 Å². The predicted molar refractivity (Wildman–Crippen MR) is 76.7 cm³/mol. The summed E-state index contributed by atoms with van der Waals surface area (Å²) >= 11 is 0. The number of pyridine rings is 1. The molecule has 0 spiro atoms. The maximum Gasteiger partial charge on any atom is 0.134 e. The fourth-order valence-electron chi connectivity index (χ4n) is 1.99. The van der Waals surface area contributed by atoms with Crippen LogP contribution in [-0.2, 0) is 0 Å². The number of aromatic nitrogens is 3. The number of hydrogen-bond donors (Lipinski definition) is 2. The maximum atomic E-state index is 5.88. The van der Waals surface area contributed by atoms with Gasteiger partial charge in [-0.3, -0.25) is 4.98 Å². The van der Waals surface area contributed by atoms with Gasteiger partial charge >= 0.3 is 0 Å². The molecular weight excluding hydrogens is 238 g/mol. The van der Waals surface area contributed by atoms with E-state index in [1.165, 1.54) is 6.33 Å². The molecular formula is C14H13N5. The van der Waals surface area contributed by atoms with Gasteiger partial charge in [-0.05, 0) is 23.8 Å². The van der Waals surface area contributed by atoms with Crippen LogP contribution in [0.5, 0.6) is 0 Å². The minimum absolute atomic E-state index is 0.490. The molecule has 3 aromatic rings. The minimum atomic E-state index is 0.490. The molecule has 3 N–H and O–H groups in total. The predicted octanol–water partition coefficient (Wildman–Crippen LogP) is 2.32. The number of fused-ring (bicyclic) bond motifs is 1. The van der Waals surface area contributed by atoms with Gasteiger partial charge in [0.15, 0.2) is 0 Å². The van der Waals surface area contributed by atoms with E-state index in [2.05, 4.69) is 20.3 Å². The van der Waals surface area contributed by atoms with E-state index in [4.69, 9.17) is 5.73 Å². The molecule has 0 aliphatic rings. The van der Waals surface area contributed by atoms with Crippen molar-refractivity contribution in [2.24, 2.45) is 0 Å². The molecule has 3 rings (SSSR count). The van der Waals surface area contributed by atoms with Gasteiger partial charge in [0, 0.05) is 30.4 Å². The largest absolute Gasteiger partial charge is 0.387 e. The number of hydrogen-bond acceptors (Lipinski definition) is 5. The summed E-state index contributed by atoms with van der Waals surface area (Å²) in [6, 6.07) is 7.97. The lowest BCUT2D eigenvalue weighted by Gasteiger charge is -2.06. The first-order chi connectivity index (χ1) is 9.28. The van der Waals surface area contributed by atoms with E-state index in [-0.39, 0.29) is 0 Å². The zero-order valence-corrected chi connectivity index (χ0v) is 10.5. The normalized spacial score (nSPS) is 10.6. The highest BCUT2D eigenvalue weighted by molar-refractivity contribution is 5.91. The summed E-state index contributed by atoms with van der Waals surface area (Å²) in [5.41, 5.74) is 9.75. The van der Waals surface area contributed by atoms with Crippen molar-refractivity contribution >= 4 is 22.4 Å². The summed E-state index contributed by atoms with van der Waals surface area (Å²) in [5, 5.41) is 3.93. The van der Waals surface area contributed by atoms with Crippen LogP contribution < -0.4 is 11.1 Å². The number of nitrogens with two attached hydrogens (primary N) is 1. The number of nitrogens with one attached hydrogen (secondary N) is 1. The Morgan fingerprint density at radius 1 is 1.05 bits per heavy atom. The highest BCUT2D eigenvalue weighted by Gasteiger charge is 2.04. The summed E-state index contributed by atoms with van der Waals surface area (Å²) in [4.78, 5) is 12.4. The zero-order valence-electron chi connectivity index (χ0n) is 10.5. The van der Waals surface area contributed by atoms with Crippen LogP contribution >= 0.6 is 0 Å². The minimum Gasteiger partial charge on any atom is -0.387 e. The number of benzene rings is 1. The summed E-state index contributed by atoms with van der Waals surface area (Å²) in [5.74, 6) is 0.490. The Morgan fingerprint density at radius 3 is 2.79 bits per heavy atom. The molecule has 5 heteroatoms. The molecule has 0 saturated heterocycles. The number of rotatable bonds is 2. The van der Waals surface area contributed by atoms with Crippen molar-refractivity contribution in [3.63, 3.8) is 0 Å². The molecule has 0 aliphatic heterocycles. The van der Waals surface area contributed by atoms with E-state index >= 15 is 0 Å². The van der Waals surface area contributed by atoms with Gasteiger partial charge < -0.3 is 11.1 Å². The molecule has 0 bridgehead atoms. The van der Waals surface area contributed by atoms with Crippen LogP contribution in [0.3, 0.4) is 0 Å². The van der Waals surface area contributed by atoms with Gasteiger partial charge in [-0.25, -0.2) is 9.97 Å². The van der Waals surface area contributed by atoms with Gasteiger partial charge in [-0.1, -0.05) is 6.07 Å². The van der Waals surface area contributed by atoms with Crippen molar-refractivity contribution in [1.29, 1.82) is 0 Å². The van der Waals surface area contributed by atoms with Crippen LogP contribution in [-0.4, -0.2) is 22.0 Å². The van der Waals surface area contributed by atoms with Crippen molar-refractivity contribution in [3.8, 4) is 11.1 Å². The van der Waals surface area contributed by atoms with Crippen LogP contribution in [0.15, 0.2) is 43.0 Å². The molecule has 5 nitrogen and oxygen atoms in total. The quantitative estimate of drug-likeness (QED) is 0.731. The van der Waals surface area contributed by atoms with Crippen LogP contribution in [0.4, 0.5) is 11.5 Å². The third kappa shape index (κ3) is 2.06. The summed E-state index contributed by atoms with van der Waals surface area (Å²) in [6.45, 7) is 0. The lowest BCUT2D eigenvalue weighted by Crippen LogP contribution is -1.94. The molecule has 94 valence electrons. The van der Waals surface area contributed by atoms with Gasteiger partial charge in [0.25, 0.3) is 0 Å².